The average molecular weight is 283 g/mol. The molecule has 2 aromatic carbocycles. The van der Waals surface area contributed by atoms with Gasteiger partial charge in [-0.15, -0.1) is 0 Å². The molecular formula is C18H21NO2. The van der Waals surface area contributed by atoms with Gasteiger partial charge in [-0.1, -0.05) is 48.9 Å². The van der Waals surface area contributed by atoms with Gasteiger partial charge in [0, 0.05) is 0 Å². The second-order valence-corrected chi connectivity index (χ2v) is 5.36. The molecule has 21 heavy (non-hydrogen) atoms. The summed E-state index contributed by atoms with van der Waals surface area (Å²) in [6.45, 7) is 5.66. The molecule has 3 heteroatoms. The molecule has 0 aliphatic carbocycles. The smallest absolute Gasteiger partial charge is 0.161 e. The zero-order chi connectivity index (χ0) is 14.7. The molecule has 0 bridgehead atoms. The number of benzene rings is 2. The lowest BCUT2D eigenvalue weighted by Gasteiger charge is -2.33. The van der Waals surface area contributed by atoms with Crippen molar-refractivity contribution in [2.24, 2.45) is 0 Å². The first-order chi connectivity index (χ1) is 10.3. The first-order valence-electron chi connectivity index (χ1n) is 7.46. The number of rotatable bonds is 4. The molecule has 3 nitrogen and oxygen atoms in total. The summed E-state index contributed by atoms with van der Waals surface area (Å²) < 4.78 is 12.0. The fourth-order valence-corrected chi connectivity index (χ4v) is 2.66. The van der Waals surface area contributed by atoms with Gasteiger partial charge in [-0.05, 0) is 31.2 Å². The van der Waals surface area contributed by atoms with E-state index in [1.807, 2.05) is 24.3 Å². The highest BCUT2D eigenvalue weighted by Crippen LogP contribution is 2.34. The monoisotopic (exact) mass is 283 g/mol. The van der Waals surface area contributed by atoms with Crippen molar-refractivity contribution in [2.75, 3.05) is 13.2 Å². The number of hydrogen-bond donors (Lipinski definition) is 1. The van der Waals surface area contributed by atoms with Crippen LogP contribution in [-0.2, 0) is 0 Å². The predicted octanol–water partition coefficient (Wildman–Crippen LogP) is 3.49. The summed E-state index contributed by atoms with van der Waals surface area (Å²) in [4.78, 5) is 0. The van der Waals surface area contributed by atoms with Gasteiger partial charge in [0.25, 0.3) is 0 Å². The Morgan fingerprint density at radius 3 is 2.52 bits per heavy atom. The zero-order valence-corrected chi connectivity index (χ0v) is 12.5. The minimum absolute atomic E-state index is 0.0254. The fraction of sp³-hybridized carbons (Fsp3) is 0.333. The van der Waals surface area contributed by atoms with Crippen LogP contribution in [-0.4, -0.2) is 19.3 Å². The van der Waals surface area contributed by atoms with Crippen LogP contribution in [0, 0.1) is 6.92 Å². The van der Waals surface area contributed by atoms with Gasteiger partial charge in [-0.2, -0.15) is 0 Å². The first-order valence-corrected chi connectivity index (χ1v) is 7.46. The lowest BCUT2D eigenvalue weighted by Crippen LogP contribution is -2.41. The van der Waals surface area contributed by atoms with Crippen molar-refractivity contribution in [3.8, 4) is 11.5 Å². The molecule has 0 saturated heterocycles. The maximum Gasteiger partial charge on any atom is 0.161 e. The maximum absolute atomic E-state index is 6.14. The maximum atomic E-state index is 6.14. The molecule has 2 atom stereocenters. The van der Waals surface area contributed by atoms with Crippen molar-refractivity contribution < 1.29 is 9.47 Å². The van der Waals surface area contributed by atoms with Crippen molar-refractivity contribution in [1.82, 2.24) is 5.32 Å². The summed E-state index contributed by atoms with van der Waals surface area (Å²) in [6, 6.07) is 16.6. The summed E-state index contributed by atoms with van der Waals surface area (Å²) >= 11 is 0. The summed E-state index contributed by atoms with van der Waals surface area (Å²) in [5.41, 5.74) is 2.50. The van der Waals surface area contributed by atoms with E-state index in [4.69, 9.17) is 9.47 Å². The number of para-hydroxylation sites is 2. The van der Waals surface area contributed by atoms with Crippen molar-refractivity contribution in [2.45, 2.75) is 26.0 Å². The van der Waals surface area contributed by atoms with Gasteiger partial charge in [0.1, 0.15) is 6.61 Å². The molecular weight excluding hydrogens is 262 g/mol. The Morgan fingerprint density at radius 1 is 1.10 bits per heavy atom. The standard InChI is InChI=1S/C18H21NO2/c1-3-19-18(14-10-8-13(2)9-11-14)17-12-20-15-6-4-5-7-16(15)21-17/h4-11,17-19H,3,12H2,1-2H3. The van der Waals surface area contributed by atoms with Crippen LogP contribution < -0.4 is 14.8 Å². The minimum atomic E-state index is -0.0254. The van der Waals surface area contributed by atoms with Crippen LogP contribution in [0.4, 0.5) is 0 Å². The van der Waals surface area contributed by atoms with E-state index in [1.165, 1.54) is 11.1 Å². The van der Waals surface area contributed by atoms with E-state index in [2.05, 4.69) is 43.4 Å². The second-order valence-electron chi connectivity index (χ2n) is 5.36. The molecule has 0 aromatic heterocycles. The highest BCUT2D eigenvalue weighted by atomic mass is 16.6. The molecule has 0 radical (unpaired) electrons. The van der Waals surface area contributed by atoms with E-state index in [1.54, 1.807) is 0 Å². The Hall–Kier alpha value is -2.00. The van der Waals surface area contributed by atoms with Gasteiger partial charge in [0.15, 0.2) is 17.6 Å². The molecule has 0 fully saturated rings. The second kappa shape index (κ2) is 6.19. The largest absolute Gasteiger partial charge is 0.486 e. The first kappa shape index (κ1) is 14.0. The summed E-state index contributed by atoms with van der Waals surface area (Å²) in [6.07, 6.45) is -0.0254. The SMILES string of the molecule is CCNC(c1ccc(C)cc1)C1COc2ccccc2O1. The molecule has 0 spiro atoms. The average Bonchev–Trinajstić information content (AvgIpc) is 2.53. The lowest BCUT2D eigenvalue weighted by molar-refractivity contribution is 0.0621. The number of fused-ring (bicyclic) bond motifs is 1. The van der Waals surface area contributed by atoms with Crippen LogP contribution in [0.15, 0.2) is 48.5 Å². The van der Waals surface area contributed by atoms with Gasteiger partial charge >= 0.3 is 0 Å². The predicted molar refractivity (Wildman–Crippen MR) is 83.9 cm³/mol. The van der Waals surface area contributed by atoms with Crippen molar-refractivity contribution in [3.05, 3.63) is 59.7 Å². The molecule has 0 amide bonds. The molecule has 2 unspecified atom stereocenters. The Morgan fingerprint density at radius 2 is 1.81 bits per heavy atom. The van der Waals surface area contributed by atoms with Crippen LogP contribution in [0.25, 0.3) is 0 Å². The Bertz CT molecular complexity index is 594. The van der Waals surface area contributed by atoms with Crippen LogP contribution in [0.2, 0.25) is 0 Å². The summed E-state index contributed by atoms with van der Waals surface area (Å²) in [5, 5.41) is 3.51. The molecule has 1 aliphatic rings. The van der Waals surface area contributed by atoms with E-state index in [0.717, 1.165) is 18.0 Å². The number of ether oxygens (including phenoxy) is 2. The third-order valence-corrected chi connectivity index (χ3v) is 3.76. The highest BCUT2D eigenvalue weighted by molar-refractivity contribution is 5.41. The van der Waals surface area contributed by atoms with Gasteiger partial charge in [-0.25, -0.2) is 0 Å². The number of nitrogens with one attached hydrogen (secondary N) is 1. The van der Waals surface area contributed by atoms with Crippen LogP contribution in [0.5, 0.6) is 11.5 Å². The molecule has 110 valence electrons. The van der Waals surface area contributed by atoms with E-state index >= 15 is 0 Å². The molecule has 3 rings (SSSR count). The third-order valence-electron chi connectivity index (χ3n) is 3.76. The quantitative estimate of drug-likeness (QED) is 0.931. The Kier molecular flexibility index (Phi) is 4.11. The number of hydrogen-bond acceptors (Lipinski definition) is 3. The summed E-state index contributed by atoms with van der Waals surface area (Å²) in [7, 11) is 0. The van der Waals surface area contributed by atoms with Gasteiger partial charge in [0.2, 0.25) is 0 Å². The molecule has 0 saturated carbocycles. The van der Waals surface area contributed by atoms with Crippen LogP contribution in [0.1, 0.15) is 24.1 Å². The van der Waals surface area contributed by atoms with Gasteiger partial charge in [-0.3, -0.25) is 0 Å². The van der Waals surface area contributed by atoms with Crippen LogP contribution >= 0.6 is 0 Å². The number of aryl methyl sites for hydroxylation is 1. The fourth-order valence-electron chi connectivity index (χ4n) is 2.66. The van der Waals surface area contributed by atoms with Crippen molar-refractivity contribution >= 4 is 0 Å². The Labute approximate surface area is 125 Å². The van der Waals surface area contributed by atoms with E-state index in [-0.39, 0.29) is 12.1 Å². The number of likely N-dealkylation sites (N-methyl/N-ethyl adjacent to an activating group) is 1. The van der Waals surface area contributed by atoms with Gasteiger partial charge < -0.3 is 14.8 Å². The molecule has 1 N–H and O–H groups in total. The molecule has 1 aliphatic heterocycles. The molecule has 2 aromatic rings. The van der Waals surface area contributed by atoms with Crippen molar-refractivity contribution in [3.63, 3.8) is 0 Å². The zero-order valence-electron chi connectivity index (χ0n) is 12.5. The van der Waals surface area contributed by atoms with E-state index in [9.17, 15) is 0 Å². The van der Waals surface area contributed by atoms with Crippen LogP contribution in [0.3, 0.4) is 0 Å². The van der Waals surface area contributed by atoms with Crippen molar-refractivity contribution in [1.29, 1.82) is 0 Å². The Balaban J connectivity index is 1.83. The normalized spacial score (nSPS) is 18.3. The highest BCUT2D eigenvalue weighted by Gasteiger charge is 2.29. The summed E-state index contributed by atoms with van der Waals surface area (Å²) in [5.74, 6) is 1.65. The van der Waals surface area contributed by atoms with E-state index in [0.29, 0.717) is 6.61 Å². The third kappa shape index (κ3) is 3.03. The van der Waals surface area contributed by atoms with Gasteiger partial charge in [0.05, 0.1) is 6.04 Å². The lowest BCUT2D eigenvalue weighted by atomic mass is 10.00. The molecule has 1 heterocycles. The van der Waals surface area contributed by atoms with E-state index < -0.39 is 0 Å². The minimum Gasteiger partial charge on any atom is -0.486 e. The topological polar surface area (TPSA) is 30.5 Å².